The Bertz CT molecular complexity index is 905. The predicted octanol–water partition coefficient (Wildman–Crippen LogP) is 4.49. The van der Waals surface area contributed by atoms with Crippen LogP contribution in [0.25, 0.3) is 0 Å². The van der Waals surface area contributed by atoms with Gasteiger partial charge in [0.2, 0.25) is 0 Å². The zero-order valence-corrected chi connectivity index (χ0v) is 16.6. The molecule has 0 unspecified atom stereocenters. The van der Waals surface area contributed by atoms with Crippen LogP contribution < -0.4 is 10.1 Å². The fourth-order valence-electron chi connectivity index (χ4n) is 2.47. The molecule has 146 valence electrons. The van der Waals surface area contributed by atoms with Crippen molar-refractivity contribution in [3.8, 4) is 11.5 Å². The number of aromatic carboxylic acids is 1. The van der Waals surface area contributed by atoms with E-state index in [1.54, 1.807) is 12.1 Å². The largest absolute Gasteiger partial charge is 0.478 e. The molecular weight excluding hydrogens is 366 g/mol. The molecule has 0 radical (unpaired) electrons. The second kappa shape index (κ2) is 8.90. The van der Waals surface area contributed by atoms with E-state index >= 15 is 0 Å². The third-order valence-corrected chi connectivity index (χ3v) is 5.84. The molecule has 2 rings (SSSR count). The van der Waals surface area contributed by atoms with Crippen LogP contribution in [0.4, 0.5) is 5.69 Å². The molecule has 0 bridgehead atoms. The standard InChI is InChI=1S/C20H25NO5S/c1-4-6-11-21-17-12-15(20(22)23)13-18(27(24,25)5-2)19(17)26-16-9-7-14(3)8-10-16/h7-10,12-13,21H,4-6,11H2,1-3H3,(H,22,23). The first-order chi connectivity index (χ1) is 12.8. The molecule has 0 atom stereocenters. The van der Waals surface area contributed by atoms with Crippen LogP contribution >= 0.6 is 0 Å². The van der Waals surface area contributed by atoms with Gasteiger partial charge in [0.25, 0.3) is 0 Å². The predicted molar refractivity (Wildman–Crippen MR) is 106 cm³/mol. The number of hydrogen-bond acceptors (Lipinski definition) is 5. The van der Waals surface area contributed by atoms with Crippen molar-refractivity contribution in [2.75, 3.05) is 17.6 Å². The van der Waals surface area contributed by atoms with E-state index in [4.69, 9.17) is 4.74 Å². The number of carbonyl (C=O) groups is 1. The molecule has 6 nitrogen and oxygen atoms in total. The fraction of sp³-hybridized carbons (Fsp3) is 0.350. The number of rotatable bonds is 9. The van der Waals surface area contributed by atoms with Gasteiger partial charge >= 0.3 is 5.97 Å². The molecule has 2 N–H and O–H groups in total. The van der Waals surface area contributed by atoms with Gasteiger partial charge in [-0.2, -0.15) is 0 Å². The molecule has 0 aliphatic rings. The average Bonchev–Trinajstić information content (AvgIpc) is 2.64. The lowest BCUT2D eigenvalue weighted by Gasteiger charge is -2.18. The topological polar surface area (TPSA) is 92.7 Å². The number of hydrogen-bond donors (Lipinski definition) is 2. The molecule has 27 heavy (non-hydrogen) atoms. The maximum atomic E-state index is 12.6. The van der Waals surface area contributed by atoms with Crippen LogP contribution in [0.3, 0.4) is 0 Å². The Balaban J connectivity index is 2.62. The van der Waals surface area contributed by atoms with Crippen molar-refractivity contribution in [3.63, 3.8) is 0 Å². The molecule has 0 saturated carbocycles. The summed E-state index contributed by atoms with van der Waals surface area (Å²) in [5, 5.41) is 12.5. The quantitative estimate of drug-likeness (QED) is 0.612. The van der Waals surface area contributed by atoms with Gasteiger partial charge in [0.1, 0.15) is 10.6 Å². The van der Waals surface area contributed by atoms with Crippen LogP contribution in [0.2, 0.25) is 0 Å². The first kappa shape index (κ1) is 20.8. The van der Waals surface area contributed by atoms with Crippen molar-refractivity contribution in [3.05, 3.63) is 47.5 Å². The monoisotopic (exact) mass is 391 g/mol. The normalized spacial score (nSPS) is 11.2. The maximum Gasteiger partial charge on any atom is 0.335 e. The zero-order valence-electron chi connectivity index (χ0n) is 15.8. The van der Waals surface area contributed by atoms with Crippen molar-refractivity contribution in [2.45, 2.75) is 38.5 Å². The van der Waals surface area contributed by atoms with Gasteiger partial charge in [0, 0.05) is 6.54 Å². The van der Waals surface area contributed by atoms with E-state index in [0.29, 0.717) is 18.0 Å². The molecule has 0 aliphatic carbocycles. The van der Waals surface area contributed by atoms with Crippen molar-refractivity contribution in [2.24, 2.45) is 0 Å². The highest BCUT2D eigenvalue weighted by Gasteiger charge is 2.24. The molecule has 0 aliphatic heterocycles. The van der Waals surface area contributed by atoms with Crippen LogP contribution in [0.1, 0.15) is 42.6 Å². The molecule has 0 spiro atoms. The summed E-state index contributed by atoms with van der Waals surface area (Å²) in [6.45, 7) is 6.07. The first-order valence-corrected chi connectivity index (χ1v) is 10.6. The summed E-state index contributed by atoms with van der Waals surface area (Å²) in [7, 11) is -3.69. The molecule has 0 saturated heterocycles. The molecular formula is C20H25NO5S. The SMILES string of the molecule is CCCCNc1cc(C(=O)O)cc(S(=O)(=O)CC)c1Oc1ccc(C)cc1. The summed E-state index contributed by atoms with van der Waals surface area (Å²) in [6.07, 6.45) is 1.80. The number of ether oxygens (including phenoxy) is 1. The third-order valence-electron chi connectivity index (χ3n) is 4.10. The van der Waals surface area contributed by atoms with E-state index in [2.05, 4.69) is 5.32 Å². The number of unbranched alkanes of at least 4 members (excludes halogenated alkanes) is 1. The minimum Gasteiger partial charge on any atom is -0.478 e. The molecule has 2 aromatic carbocycles. The molecule has 0 aromatic heterocycles. The van der Waals surface area contributed by atoms with Crippen molar-refractivity contribution >= 4 is 21.5 Å². The first-order valence-electron chi connectivity index (χ1n) is 8.91. The maximum absolute atomic E-state index is 12.6. The Morgan fingerprint density at radius 3 is 2.37 bits per heavy atom. The lowest BCUT2D eigenvalue weighted by molar-refractivity contribution is 0.0696. The number of anilines is 1. The van der Waals surface area contributed by atoms with Crippen LogP contribution in [0.5, 0.6) is 11.5 Å². The second-order valence-electron chi connectivity index (χ2n) is 6.26. The minimum absolute atomic E-state index is 0.0997. The Morgan fingerprint density at radius 1 is 1.15 bits per heavy atom. The van der Waals surface area contributed by atoms with Crippen molar-refractivity contribution in [1.82, 2.24) is 0 Å². The van der Waals surface area contributed by atoms with Gasteiger partial charge in [-0.15, -0.1) is 0 Å². The summed E-state index contributed by atoms with van der Waals surface area (Å²) in [5.74, 6) is -0.742. The van der Waals surface area contributed by atoms with E-state index in [-0.39, 0.29) is 22.0 Å². The van der Waals surface area contributed by atoms with Crippen LogP contribution in [-0.2, 0) is 9.84 Å². The summed E-state index contributed by atoms with van der Waals surface area (Å²) in [5.41, 5.74) is 1.31. The molecule has 0 amide bonds. The van der Waals surface area contributed by atoms with Gasteiger partial charge in [0.15, 0.2) is 15.6 Å². The molecule has 2 aromatic rings. The highest BCUT2D eigenvalue weighted by Crippen LogP contribution is 2.38. The lowest BCUT2D eigenvalue weighted by atomic mass is 10.1. The van der Waals surface area contributed by atoms with Gasteiger partial charge < -0.3 is 15.2 Å². The van der Waals surface area contributed by atoms with E-state index in [1.807, 2.05) is 26.0 Å². The van der Waals surface area contributed by atoms with E-state index in [0.717, 1.165) is 24.5 Å². The Morgan fingerprint density at radius 2 is 1.81 bits per heavy atom. The van der Waals surface area contributed by atoms with Gasteiger partial charge in [-0.05, 0) is 37.6 Å². The van der Waals surface area contributed by atoms with Gasteiger partial charge in [-0.1, -0.05) is 38.0 Å². The summed E-state index contributed by atoms with van der Waals surface area (Å²) >= 11 is 0. The van der Waals surface area contributed by atoms with Crippen LogP contribution in [-0.4, -0.2) is 31.8 Å². The zero-order chi connectivity index (χ0) is 20.0. The van der Waals surface area contributed by atoms with Crippen molar-refractivity contribution < 1.29 is 23.1 Å². The van der Waals surface area contributed by atoms with Crippen LogP contribution in [0.15, 0.2) is 41.3 Å². The van der Waals surface area contributed by atoms with E-state index in [9.17, 15) is 18.3 Å². The smallest absolute Gasteiger partial charge is 0.335 e. The lowest BCUT2D eigenvalue weighted by Crippen LogP contribution is -2.12. The van der Waals surface area contributed by atoms with Gasteiger partial charge in [-0.25, -0.2) is 13.2 Å². The van der Waals surface area contributed by atoms with E-state index < -0.39 is 15.8 Å². The van der Waals surface area contributed by atoms with Crippen molar-refractivity contribution in [1.29, 1.82) is 0 Å². The average molecular weight is 391 g/mol. The number of carboxylic acids is 1. The Kier molecular flexibility index (Phi) is 6.85. The minimum atomic E-state index is -3.69. The second-order valence-corrected chi connectivity index (χ2v) is 8.50. The number of aryl methyl sites for hydroxylation is 1. The summed E-state index contributed by atoms with van der Waals surface area (Å²) < 4.78 is 31.2. The number of benzene rings is 2. The van der Waals surface area contributed by atoms with Gasteiger partial charge in [0.05, 0.1) is 17.0 Å². The highest BCUT2D eigenvalue weighted by atomic mass is 32.2. The fourth-order valence-corrected chi connectivity index (χ4v) is 3.52. The third kappa shape index (κ3) is 5.23. The Labute approximate surface area is 160 Å². The van der Waals surface area contributed by atoms with Crippen LogP contribution in [0, 0.1) is 6.92 Å². The van der Waals surface area contributed by atoms with E-state index in [1.165, 1.54) is 13.0 Å². The van der Waals surface area contributed by atoms with Gasteiger partial charge in [-0.3, -0.25) is 0 Å². The molecule has 0 heterocycles. The summed E-state index contributed by atoms with van der Waals surface area (Å²) in [6, 6.07) is 9.79. The molecule has 7 heteroatoms. The summed E-state index contributed by atoms with van der Waals surface area (Å²) in [4.78, 5) is 11.4. The Hall–Kier alpha value is -2.54. The molecule has 0 fully saturated rings. The number of sulfone groups is 1. The number of nitrogens with one attached hydrogen (secondary N) is 1. The number of carboxylic acid groups (broad SMARTS) is 1. The highest BCUT2D eigenvalue weighted by molar-refractivity contribution is 7.91.